The summed E-state index contributed by atoms with van der Waals surface area (Å²) in [6.45, 7) is 5.68. The van der Waals surface area contributed by atoms with Crippen molar-refractivity contribution in [3.63, 3.8) is 0 Å². The molecule has 0 saturated heterocycles. The Morgan fingerprint density at radius 1 is 1.20 bits per heavy atom. The molecular formula is C17H24N2S. The normalized spacial score (nSPS) is 29.0. The van der Waals surface area contributed by atoms with Gasteiger partial charge >= 0.3 is 0 Å². The lowest BCUT2D eigenvalue weighted by Gasteiger charge is -2.39. The lowest BCUT2D eigenvalue weighted by Crippen LogP contribution is -2.45. The summed E-state index contributed by atoms with van der Waals surface area (Å²) >= 11 is 1.90. The summed E-state index contributed by atoms with van der Waals surface area (Å²) in [4.78, 5) is 4.72. The third-order valence-corrected chi connectivity index (χ3v) is 5.81. The average molecular weight is 288 g/mol. The van der Waals surface area contributed by atoms with Gasteiger partial charge in [-0.3, -0.25) is 4.99 Å². The largest absolute Gasteiger partial charge is 0.362 e. The Hall–Kier alpha value is -0.960. The molecule has 1 aliphatic carbocycles. The molecule has 0 spiro atoms. The van der Waals surface area contributed by atoms with Crippen LogP contribution in [0.15, 0.2) is 35.3 Å². The number of amidine groups is 1. The number of aliphatic imine (C=N–C) groups is 1. The topological polar surface area (TPSA) is 24.4 Å². The van der Waals surface area contributed by atoms with Gasteiger partial charge in [0.2, 0.25) is 0 Å². The SMILES string of the molecule is CC1(C)CCCCC1NC1=NCC(c2ccccc2)S1. The molecule has 1 N–H and O–H groups in total. The minimum absolute atomic E-state index is 0.395. The van der Waals surface area contributed by atoms with Gasteiger partial charge in [-0.05, 0) is 23.8 Å². The predicted molar refractivity (Wildman–Crippen MR) is 88.2 cm³/mol. The van der Waals surface area contributed by atoms with Crippen molar-refractivity contribution in [1.29, 1.82) is 0 Å². The molecule has 1 heterocycles. The van der Waals surface area contributed by atoms with Crippen molar-refractivity contribution in [2.75, 3.05) is 6.54 Å². The minimum Gasteiger partial charge on any atom is -0.362 e. The van der Waals surface area contributed by atoms with Crippen LogP contribution in [0.4, 0.5) is 0 Å². The number of rotatable bonds is 2. The molecule has 0 aromatic heterocycles. The first kappa shape index (κ1) is 14.0. The maximum atomic E-state index is 4.72. The summed E-state index contributed by atoms with van der Waals surface area (Å²) in [6.07, 6.45) is 5.33. The molecule has 2 unspecified atom stereocenters. The Morgan fingerprint density at radius 2 is 2.00 bits per heavy atom. The molecule has 3 heteroatoms. The fourth-order valence-electron chi connectivity index (χ4n) is 3.21. The van der Waals surface area contributed by atoms with Gasteiger partial charge in [0.05, 0.1) is 11.8 Å². The van der Waals surface area contributed by atoms with Crippen LogP contribution < -0.4 is 5.32 Å². The Kier molecular flexibility index (Phi) is 4.06. The Labute approximate surface area is 126 Å². The summed E-state index contributed by atoms with van der Waals surface area (Å²) in [7, 11) is 0. The third-order valence-electron chi connectivity index (χ3n) is 4.63. The lowest BCUT2D eigenvalue weighted by atomic mass is 9.73. The maximum absolute atomic E-state index is 4.72. The van der Waals surface area contributed by atoms with E-state index in [0.717, 1.165) is 11.7 Å². The Morgan fingerprint density at radius 3 is 2.75 bits per heavy atom. The van der Waals surface area contributed by atoms with Crippen molar-refractivity contribution in [3.05, 3.63) is 35.9 Å². The van der Waals surface area contributed by atoms with Gasteiger partial charge in [-0.15, -0.1) is 0 Å². The highest BCUT2D eigenvalue weighted by Gasteiger charge is 2.34. The van der Waals surface area contributed by atoms with Crippen LogP contribution in [-0.4, -0.2) is 17.8 Å². The lowest BCUT2D eigenvalue weighted by molar-refractivity contribution is 0.186. The van der Waals surface area contributed by atoms with Crippen LogP contribution >= 0.6 is 11.8 Å². The predicted octanol–water partition coefficient (Wildman–Crippen LogP) is 4.39. The zero-order valence-corrected chi connectivity index (χ0v) is 13.2. The van der Waals surface area contributed by atoms with Gasteiger partial charge in [-0.25, -0.2) is 0 Å². The van der Waals surface area contributed by atoms with E-state index in [4.69, 9.17) is 4.99 Å². The van der Waals surface area contributed by atoms with E-state index in [1.54, 1.807) is 0 Å². The average Bonchev–Trinajstić information content (AvgIpc) is 2.91. The Bertz CT molecular complexity index is 481. The fourth-order valence-corrected chi connectivity index (χ4v) is 4.28. The van der Waals surface area contributed by atoms with Gasteiger partial charge in [0.25, 0.3) is 0 Å². The fraction of sp³-hybridized carbons (Fsp3) is 0.588. The molecule has 1 saturated carbocycles. The van der Waals surface area contributed by atoms with Gasteiger partial charge in [-0.2, -0.15) is 0 Å². The molecule has 0 bridgehead atoms. The van der Waals surface area contributed by atoms with Crippen molar-refractivity contribution < 1.29 is 0 Å². The van der Waals surface area contributed by atoms with E-state index in [0.29, 0.717) is 16.7 Å². The number of thioether (sulfide) groups is 1. The molecule has 0 amide bonds. The van der Waals surface area contributed by atoms with E-state index in [1.807, 2.05) is 11.8 Å². The molecule has 108 valence electrons. The van der Waals surface area contributed by atoms with E-state index >= 15 is 0 Å². The quantitative estimate of drug-likeness (QED) is 0.873. The van der Waals surface area contributed by atoms with Gasteiger partial charge in [0, 0.05) is 6.04 Å². The molecule has 1 fully saturated rings. The molecule has 1 aromatic rings. The second kappa shape index (κ2) is 5.80. The van der Waals surface area contributed by atoms with Crippen molar-refractivity contribution in [2.24, 2.45) is 10.4 Å². The standard InChI is InChI=1S/C17H24N2S/c1-17(2)11-7-6-10-15(17)19-16-18-12-14(20-16)13-8-4-3-5-9-13/h3-5,8-9,14-15H,6-7,10-12H2,1-2H3,(H,18,19). The van der Waals surface area contributed by atoms with Crippen LogP contribution in [0.25, 0.3) is 0 Å². The summed E-state index contributed by atoms with van der Waals surface area (Å²) in [5.74, 6) is 0. The molecule has 2 atom stereocenters. The van der Waals surface area contributed by atoms with Gasteiger partial charge in [0.1, 0.15) is 0 Å². The van der Waals surface area contributed by atoms with Crippen LogP contribution in [-0.2, 0) is 0 Å². The highest BCUT2D eigenvalue weighted by molar-refractivity contribution is 8.14. The maximum Gasteiger partial charge on any atom is 0.157 e. The number of nitrogens with zero attached hydrogens (tertiary/aromatic N) is 1. The highest BCUT2D eigenvalue weighted by atomic mass is 32.2. The number of nitrogens with one attached hydrogen (secondary N) is 1. The van der Waals surface area contributed by atoms with Gasteiger partial charge < -0.3 is 5.32 Å². The van der Waals surface area contributed by atoms with Crippen molar-refractivity contribution >= 4 is 16.9 Å². The number of hydrogen-bond acceptors (Lipinski definition) is 3. The molecule has 3 rings (SSSR count). The molecule has 2 nitrogen and oxygen atoms in total. The van der Waals surface area contributed by atoms with Crippen LogP contribution in [0.5, 0.6) is 0 Å². The first-order valence-electron chi connectivity index (χ1n) is 7.68. The second-order valence-electron chi connectivity index (χ2n) is 6.59. The monoisotopic (exact) mass is 288 g/mol. The molecule has 2 aliphatic rings. The van der Waals surface area contributed by atoms with Gasteiger partial charge in [-0.1, -0.05) is 68.8 Å². The van der Waals surface area contributed by atoms with E-state index in [2.05, 4.69) is 49.5 Å². The zero-order valence-electron chi connectivity index (χ0n) is 12.4. The van der Waals surface area contributed by atoms with Crippen LogP contribution in [0.3, 0.4) is 0 Å². The zero-order chi connectivity index (χ0) is 14.0. The summed E-state index contributed by atoms with van der Waals surface area (Å²) in [6, 6.07) is 11.3. The molecule has 20 heavy (non-hydrogen) atoms. The van der Waals surface area contributed by atoms with E-state index in [1.165, 1.54) is 31.2 Å². The van der Waals surface area contributed by atoms with E-state index < -0.39 is 0 Å². The van der Waals surface area contributed by atoms with Crippen LogP contribution in [0.2, 0.25) is 0 Å². The van der Waals surface area contributed by atoms with Crippen molar-refractivity contribution in [1.82, 2.24) is 5.32 Å². The summed E-state index contributed by atoms with van der Waals surface area (Å²) in [5.41, 5.74) is 1.78. The Balaban J connectivity index is 1.60. The first-order valence-corrected chi connectivity index (χ1v) is 8.56. The summed E-state index contributed by atoms with van der Waals surface area (Å²) < 4.78 is 0. The molecular weight excluding hydrogens is 264 g/mol. The smallest absolute Gasteiger partial charge is 0.157 e. The second-order valence-corrected chi connectivity index (χ2v) is 7.79. The van der Waals surface area contributed by atoms with Crippen molar-refractivity contribution in [3.8, 4) is 0 Å². The molecule has 1 aromatic carbocycles. The molecule has 1 aliphatic heterocycles. The molecule has 0 radical (unpaired) electrons. The highest BCUT2D eigenvalue weighted by Crippen LogP contribution is 2.38. The van der Waals surface area contributed by atoms with Crippen LogP contribution in [0, 0.1) is 5.41 Å². The van der Waals surface area contributed by atoms with E-state index in [-0.39, 0.29) is 0 Å². The number of benzene rings is 1. The van der Waals surface area contributed by atoms with Crippen molar-refractivity contribution in [2.45, 2.75) is 50.8 Å². The van der Waals surface area contributed by atoms with Crippen LogP contribution in [0.1, 0.15) is 50.3 Å². The third kappa shape index (κ3) is 3.03. The number of hydrogen-bond donors (Lipinski definition) is 1. The first-order chi connectivity index (χ1) is 9.65. The summed E-state index contributed by atoms with van der Waals surface area (Å²) in [5, 5.41) is 5.36. The van der Waals surface area contributed by atoms with E-state index in [9.17, 15) is 0 Å². The minimum atomic E-state index is 0.395. The van der Waals surface area contributed by atoms with Gasteiger partial charge in [0.15, 0.2) is 5.17 Å².